The maximum absolute atomic E-state index is 12.2. The molecule has 0 bridgehead atoms. The number of Topliss-reactive ketones (excluding diaryl/α,β-unsaturated/α-hetero) is 1. The molecule has 0 radical (unpaired) electrons. The monoisotopic (exact) mass is 289 g/mol. The van der Waals surface area contributed by atoms with Crippen molar-refractivity contribution in [2.45, 2.75) is 25.8 Å². The number of esters is 1. The summed E-state index contributed by atoms with van der Waals surface area (Å²) in [7, 11) is 1.20. The molecular weight excluding hydrogens is 274 g/mol. The summed E-state index contributed by atoms with van der Waals surface area (Å²) in [6, 6.07) is 5.92. The number of carbonyl (C=O) groups is 4. The Bertz CT molecular complexity index is 587. The minimum absolute atomic E-state index is 0.0689. The van der Waals surface area contributed by atoms with Gasteiger partial charge in [0, 0.05) is 12.5 Å². The smallest absolute Gasteiger partial charge is 0.313 e. The highest BCUT2D eigenvalue weighted by Crippen LogP contribution is 2.25. The number of ketones is 1. The van der Waals surface area contributed by atoms with Crippen molar-refractivity contribution in [3.05, 3.63) is 35.4 Å². The molecule has 1 aliphatic rings. The molecule has 1 unspecified atom stereocenters. The lowest BCUT2D eigenvalue weighted by Gasteiger charge is -2.21. The minimum atomic E-state index is -0.630. The lowest BCUT2D eigenvalue weighted by molar-refractivity contribution is -0.143. The predicted molar refractivity (Wildman–Crippen MR) is 72.7 cm³/mol. The van der Waals surface area contributed by atoms with E-state index in [1.165, 1.54) is 7.11 Å². The minimum Gasteiger partial charge on any atom is -0.469 e. The average Bonchev–Trinajstić information content (AvgIpc) is 2.71. The first kappa shape index (κ1) is 14.9. The van der Waals surface area contributed by atoms with Gasteiger partial charge in [-0.15, -0.1) is 0 Å². The molecule has 21 heavy (non-hydrogen) atoms. The Balaban J connectivity index is 2.10. The highest BCUT2D eigenvalue weighted by atomic mass is 16.5. The lowest BCUT2D eigenvalue weighted by atomic mass is 10.1. The number of fused-ring (bicyclic) bond motifs is 1. The number of nitrogens with zero attached hydrogens (tertiary/aromatic N) is 1. The van der Waals surface area contributed by atoms with Crippen LogP contribution in [0.25, 0.3) is 0 Å². The largest absolute Gasteiger partial charge is 0.469 e. The van der Waals surface area contributed by atoms with Gasteiger partial charge in [0.15, 0.2) is 0 Å². The molecule has 0 aliphatic carbocycles. The van der Waals surface area contributed by atoms with Crippen molar-refractivity contribution in [1.82, 2.24) is 4.90 Å². The Labute approximate surface area is 121 Å². The molecule has 6 nitrogen and oxygen atoms in total. The van der Waals surface area contributed by atoms with Crippen LogP contribution < -0.4 is 0 Å². The second-order valence-electron chi connectivity index (χ2n) is 4.87. The number of imide groups is 1. The van der Waals surface area contributed by atoms with Crippen LogP contribution in [0.5, 0.6) is 0 Å². The van der Waals surface area contributed by atoms with E-state index in [2.05, 4.69) is 4.74 Å². The maximum Gasteiger partial charge on any atom is 0.313 e. The molecule has 0 spiro atoms. The Morgan fingerprint density at radius 2 is 1.67 bits per heavy atom. The Morgan fingerprint density at radius 1 is 1.14 bits per heavy atom. The number of rotatable bonds is 5. The fourth-order valence-electron chi connectivity index (χ4n) is 2.33. The van der Waals surface area contributed by atoms with Gasteiger partial charge in [0.2, 0.25) is 0 Å². The van der Waals surface area contributed by atoms with E-state index in [0.717, 1.165) is 4.90 Å². The fraction of sp³-hybridized carbons (Fsp3) is 0.333. The van der Waals surface area contributed by atoms with Crippen molar-refractivity contribution in [3.63, 3.8) is 0 Å². The summed E-state index contributed by atoms with van der Waals surface area (Å²) in [5.41, 5.74) is 0.685. The second kappa shape index (κ2) is 5.87. The van der Waals surface area contributed by atoms with Gasteiger partial charge in [-0.2, -0.15) is 0 Å². The van der Waals surface area contributed by atoms with Crippen LogP contribution in [0.15, 0.2) is 24.3 Å². The number of carbonyl (C=O) groups excluding carboxylic acids is 4. The SMILES string of the molecule is COC(=O)CC(=O)CC(C)N1C(=O)c2ccccc2C1=O. The van der Waals surface area contributed by atoms with Gasteiger partial charge in [0.25, 0.3) is 11.8 Å². The van der Waals surface area contributed by atoms with Crippen LogP contribution in [0.4, 0.5) is 0 Å². The zero-order valence-corrected chi connectivity index (χ0v) is 11.8. The van der Waals surface area contributed by atoms with Gasteiger partial charge in [-0.25, -0.2) is 0 Å². The zero-order valence-electron chi connectivity index (χ0n) is 11.8. The molecule has 1 aromatic carbocycles. The quantitative estimate of drug-likeness (QED) is 0.462. The number of hydrogen-bond acceptors (Lipinski definition) is 5. The summed E-state index contributed by atoms with van der Waals surface area (Å²) in [5, 5.41) is 0. The molecule has 2 rings (SSSR count). The summed E-state index contributed by atoms with van der Waals surface area (Å²) in [6.07, 6.45) is -0.426. The standard InChI is InChI=1S/C15H15NO5/c1-9(7-10(17)8-13(18)21-2)16-14(19)11-5-3-4-6-12(11)15(16)20/h3-6,9H,7-8H2,1-2H3. The number of methoxy groups -OCH3 is 1. The molecule has 2 amide bonds. The Kier molecular flexibility index (Phi) is 4.16. The predicted octanol–water partition coefficient (Wildman–Crippen LogP) is 1.19. The fourth-order valence-corrected chi connectivity index (χ4v) is 2.33. The number of amides is 2. The van der Waals surface area contributed by atoms with Crippen molar-refractivity contribution < 1.29 is 23.9 Å². The molecule has 1 atom stereocenters. The molecule has 0 aromatic heterocycles. The molecule has 110 valence electrons. The molecule has 0 saturated carbocycles. The molecular formula is C15H15NO5. The lowest BCUT2D eigenvalue weighted by Crippen LogP contribution is -2.39. The van der Waals surface area contributed by atoms with E-state index in [4.69, 9.17) is 0 Å². The Hall–Kier alpha value is -2.50. The third-order valence-electron chi connectivity index (χ3n) is 3.36. The summed E-state index contributed by atoms with van der Waals surface area (Å²) >= 11 is 0. The van der Waals surface area contributed by atoms with Crippen LogP contribution in [-0.2, 0) is 14.3 Å². The maximum atomic E-state index is 12.2. The van der Waals surface area contributed by atoms with Crippen LogP contribution in [0.1, 0.15) is 40.5 Å². The van der Waals surface area contributed by atoms with Crippen LogP contribution in [0, 0.1) is 0 Å². The average molecular weight is 289 g/mol. The summed E-state index contributed by atoms with van der Waals surface area (Å²) in [6.45, 7) is 1.61. The van der Waals surface area contributed by atoms with E-state index in [0.29, 0.717) is 11.1 Å². The molecule has 1 heterocycles. The first-order chi connectivity index (χ1) is 9.95. The van der Waals surface area contributed by atoms with Crippen LogP contribution in [-0.4, -0.2) is 41.6 Å². The highest BCUT2D eigenvalue weighted by Gasteiger charge is 2.38. The zero-order chi connectivity index (χ0) is 15.6. The van der Waals surface area contributed by atoms with Gasteiger partial charge in [0.05, 0.1) is 18.2 Å². The topological polar surface area (TPSA) is 80.8 Å². The van der Waals surface area contributed by atoms with E-state index < -0.39 is 23.8 Å². The van der Waals surface area contributed by atoms with Crippen LogP contribution in [0.3, 0.4) is 0 Å². The van der Waals surface area contributed by atoms with Crippen LogP contribution >= 0.6 is 0 Å². The molecule has 6 heteroatoms. The first-order valence-corrected chi connectivity index (χ1v) is 6.51. The van der Waals surface area contributed by atoms with Gasteiger partial charge in [0.1, 0.15) is 12.2 Å². The molecule has 0 saturated heterocycles. The second-order valence-corrected chi connectivity index (χ2v) is 4.87. The van der Waals surface area contributed by atoms with Crippen LogP contribution in [0.2, 0.25) is 0 Å². The molecule has 0 fully saturated rings. The van der Waals surface area contributed by atoms with E-state index in [-0.39, 0.29) is 18.6 Å². The van der Waals surface area contributed by atoms with Crippen molar-refractivity contribution in [3.8, 4) is 0 Å². The molecule has 1 aromatic rings. The van der Waals surface area contributed by atoms with Crippen molar-refractivity contribution >= 4 is 23.6 Å². The first-order valence-electron chi connectivity index (χ1n) is 6.51. The number of ether oxygens (including phenoxy) is 1. The van der Waals surface area contributed by atoms with E-state index in [1.807, 2.05) is 0 Å². The van der Waals surface area contributed by atoms with E-state index in [9.17, 15) is 19.2 Å². The van der Waals surface area contributed by atoms with Gasteiger partial charge in [-0.1, -0.05) is 12.1 Å². The number of hydrogen-bond donors (Lipinski definition) is 0. The number of benzene rings is 1. The van der Waals surface area contributed by atoms with Gasteiger partial charge < -0.3 is 4.74 Å². The summed E-state index contributed by atoms with van der Waals surface area (Å²) < 4.78 is 4.41. The third kappa shape index (κ3) is 2.84. The normalized spacial score (nSPS) is 14.9. The molecule has 1 aliphatic heterocycles. The Morgan fingerprint density at radius 3 is 2.14 bits per heavy atom. The van der Waals surface area contributed by atoms with Gasteiger partial charge >= 0.3 is 5.97 Å². The summed E-state index contributed by atoms with van der Waals surface area (Å²) in [4.78, 5) is 48.2. The third-order valence-corrected chi connectivity index (χ3v) is 3.36. The van der Waals surface area contributed by atoms with E-state index >= 15 is 0 Å². The molecule has 0 N–H and O–H groups in total. The van der Waals surface area contributed by atoms with Gasteiger partial charge in [-0.05, 0) is 19.1 Å². The highest BCUT2D eigenvalue weighted by molar-refractivity contribution is 6.21. The van der Waals surface area contributed by atoms with Gasteiger partial charge in [-0.3, -0.25) is 24.1 Å². The van der Waals surface area contributed by atoms with E-state index in [1.54, 1.807) is 31.2 Å². The summed E-state index contributed by atoms with van der Waals surface area (Å²) in [5.74, 6) is -1.82. The van der Waals surface area contributed by atoms with Crippen molar-refractivity contribution in [1.29, 1.82) is 0 Å². The van der Waals surface area contributed by atoms with Crippen molar-refractivity contribution in [2.75, 3.05) is 7.11 Å². The van der Waals surface area contributed by atoms with Crippen molar-refractivity contribution in [2.24, 2.45) is 0 Å².